The summed E-state index contributed by atoms with van der Waals surface area (Å²) in [4.78, 5) is 38.5. The van der Waals surface area contributed by atoms with Gasteiger partial charge in [0.25, 0.3) is 0 Å². The van der Waals surface area contributed by atoms with Gasteiger partial charge in [-0.2, -0.15) is 0 Å². The molecule has 1 unspecified atom stereocenters. The standard InChI is InChI=1S/C74H136O6/c1-4-7-10-13-16-19-22-25-28-30-32-34-35-36-37-38-40-41-43-46-49-52-55-58-61-64-67-73(76)79-70-71(69-78-72(75)66-63-60-57-54-51-48-45-27-24-21-18-15-12-9-6-3)80-74(77)68-65-62-59-56-53-50-47-44-42-39-33-31-29-26-23-20-17-14-11-8-5-2/h8,11,17,20,26,29,33,39,71H,4-7,9-10,12-16,18-19,21-25,27-28,30-32,34-38,40-70H2,1-3H3/b11-8-,20-17-,29-26-,39-33-. The molecule has 0 rings (SSSR count). The molecule has 0 bridgehead atoms. The maximum absolute atomic E-state index is 13.0. The number of carbonyl (C=O) groups excluding carboxylic acids is 3. The molecule has 0 saturated heterocycles. The molecule has 0 radical (unpaired) electrons. The number of esters is 3. The first-order valence-electron chi connectivity index (χ1n) is 35.6. The van der Waals surface area contributed by atoms with E-state index in [9.17, 15) is 14.4 Å². The van der Waals surface area contributed by atoms with Crippen molar-refractivity contribution in [1.82, 2.24) is 0 Å². The van der Waals surface area contributed by atoms with Crippen molar-refractivity contribution in [2.75, 3.05) is 13.2 Å². The van der Waals surface area contributed by atoms with Gasteiger partial charge in [-0.3, -0.25) is 14.4 Å². The average molecular weight is 1120 g/mol. The normalized spacial score (nSPS) is 12.3. The Hall–Kier alpha value is -2.63. The molecule has 0 N–H and O–H groups in total. The van der Waals surface area contributed by atoms with E-state index >= 15 is 0 Å². The van der Waals surface area contributed by atoms with E-state index in [4.69, 9.17) is 14.2 Å². The lowest BCUT2D eigenvalue weighted by atomic mass is 10.0. The minimum absolute atomic E-state index is 0.0709. The van der Waals surface area contributed by atoms with Crippen molar-refractivity contribution in [1.29, 1.82) is 0 Å². The van der Waals surface area contributed by atoms with Gasteiger partial charge in [0, 0.05) is 19.3 Å². The van der Waals surface area contributed by atoms with Gasteiger partial charge in [0.05, 0.1) is 0 Å². The van der Waals surface area contributed by atoms with Crippen molar-refractivity contribution in [3.8, 4) is 0 Å². The minimum atomic E-state index is -0.776. The molecular formula is C74H136O6. The summed E-state index contributed by atoms with van der Waals surface area (Å²) in [6.07, 6.45) is 87.1. The molecule has 0 aromatic rings. The minimum Gasteiger partial charge on any atom is -0.462 e. The van der Waals surface area contributed by atoms with Gasteiger partial charge in [-0.1, -0.05) is 358 Å². The predicted molar refractivity (Wildman–Crippen MR) is 349 cm³/mol. The van der Waals surface area contributed by atoms with Crippen LogP contribution < -0.4 is 0 Å². The van der Waals surface area contributed by atoms with Crippen LogP contribution in [0.3, 0.4) is 0 Å². The summed E-state index contributed by atoms with van der Waals surface area (Å²) >= 11 is 0. The molecule has 0 aromatic heterocycles. The molecular weight excluding hydrogens is 985 g/mol. The summed E-state index contributed by atoms with van der Waals surface area (Å²) < 4.78 is 17.0. The molecule has 6 heteroatoms. The average Bonchev–Trinajstić information content (AvgIpc) is 3.46. The van der Waals surface area contributed by atoms with Crippen LogP contribution in [-0.2, 0) is 28.6 Å². The number of ether oxygens (including phenoxy) is 3. The Labute approximate surface area is 498 Å². The van der Waals surface area contributed by atoms with Crippen molar-refractivity contribution in [2.45, 2.75) is 393 Å². The number of hydrogen-bond donors (Lipinski definition) is 0. The Bertz CT molecular complexity index is 1380. The summed E-state index contributed by atoms with van der Waals surface area (Å²) in [6.45, 7) is 6.60. The fraction of sp³-hybridized carbons (Fsp3) is 0.851. The Morgan fingerprint density at radius 2 is 0.487 bits per heavy atom. The van der Waals surface area contributed by atoms with Gasteiger partial charge in [-0.25, -0.2) is 0 Å². The molecule has 0 spiro atoms. The third-order valence-corrected chi connectivity index (χ3v) is 16.1. The second kappa shape index (κ2) is 68.9. The first kappa shape index (κ1) is 77.4. The zero-order chi connectivity index (χ0) is 57.8. The van der Waals surface area contributed by atoms with E-state index in [0.29, 0.717) is 19.3 Å². The van der Waals surface area contributed by atoms with Crippen LogP contribution in [0.4, 0.5) is 0 Å². The largest absolute Gasteiger partial charge is 0.462 e. The molecule has 0 saturated carbocycles. The van der Waals surface area contributed by atoms with Crippen LogP contribution in [0.5, 0.6) is 0 Å². The van der Waals surface area contributed by atoms with Gasteiger partial charge in [-0.05, 0) is 57.8 Å². The highest BCUT2D eigenvalue weighted by molar-refractivity contribution is 5.71. The molecule has 6 nitrogen and oxygen atoms in total. The predicted octanol–water partition coefficient (Wildman–Crippen LogP) is 24.5. The van der Waals surface area contributed by atoms with Crippen LogP contribution in [-0.4, -0.2) is 37.2 Å². The molecule has 0 heterocycles. The monoisotopic (exact) mass is 1120 g/mol. The Morgan fingerprint density at radius 1 is 0.263 bits per heavy atom. The first-order chi connectivity index (χ1) is 39.5. The Morgan fingerprint density at radius 3 is 0.762 bits per heavy atom. The van der Waals surface area contributed by atoms with Gasteiger partial charge < -0.3 is 14.2 Å². The highest BCUT2D eigenvalue weighted by Crippen LogP contribution is 2.19. The third kappa shape index (κ3) is 66.2. The molecule has 468 valence electrons. The number of unbranched alkanes of at least 4 members (excludes halogenated alkanes) is 47. The van der Waals surface area contributed by atoms with E-state index in [1.807, 2.05) is 0 Å². The molecule has 0 fully saturated rings. The molecule has 0 aliphatic carbocycles. The molecule has 0 aromatic carbocycles. The quantitative estimate of drug-likeness (QED) is 0.0261. The van der Waals surface area contributed by atoms with Crippen molar-refractivity contribution in [3.63, 3.8) is 0 Å². The zero-order valence-corrected chi connectivity index (χ0v) is 53.9. The fourth-order valence-corrected chi connectivity index (χ4v) is 10.8. The molecule has 0 aliphatic rings. The summed E-state index contributed by atoms with van der Waals surface area (Å²) in [7, 11) is 0. The van der Waals surface area contributed by atoms with Crippen LogP contribution in [0.1, 0.15) is 387 Å². The lowest BCUT2D eigenvalue weighted by Gasteiger charge is -2.18. The Kier molecular flexibility index (Phi) is 66.6. The van der Waals surface area contributed by atoms with Crippen LogP contribution >= 0.6 is 0 Å². The van der Waals surface area contributed by atoms with Gasteiger partial charge in [0.2, 0.25) is 0 Å². The van der Waals surface area contributed by atoms with Crippen molar-refractivity contribution in [3.05, 3.63) is 48.6 Å². The second-order valence-corrected chi connectivity index (χ2v) is 24.1. The van der Waals surface area contributed by atoms with Crippen LogP contribution in [0.2, 0.25) is 0 Å². The van der Waals surface area contributed by atoms with Crippen LogP contribution in [0.25, 0.3) is 0 Å². The van der Waals surface area contributed by atoms with E-state index < -0.39 is 6.10 Å². The van der Waals surface area contributed by atoms with Crippen LogP contribution in [0.15, 0.2) is 48.6 Å². The molecule has 0 aliphatic heterocycles. The molecule has 0 amide bonds. The van der Waals surface area contributed by atoms with Crippen molar-refractivity contribution >= 4 is 17.9 Å². The number of rotatable bonds is 66. The van der Waals surface area contributed by atoms with Gasteiger partial charge in [-0.15, -0.1) is 0 Å². The van der Waals surface area contributed by atoms with Crippen molar-refractivity contribution in [2.24, 2.45) is 0 Å². The summed E-state index contributed by atoms with van der Waals surface area (Å²) in [5.74, 6) is -0.850. The van der Waals surface area contributed by atoms with Gasteiger partial charge in [0.1, 0.15) is 13.2 Å². The first-order valence-corrected chi connectivity index (χ1v) is 35.6. The van der Waals surface area contributed by atoms with Gasteiger partial charge >= 0.3 is 17.9 Å². The van der Waals surface area contributed by atoms with E-state index in [2.05, 4.69) is 69.4 Å². The number of hydrogen-bond acceptors (Lipinski definition) is 6. The summed E-state index contributed by atoms with van der Waals surface area (Å²) in [6, 6.07) is 0. The van der Waals surface area contributed by atoms with Crippen LogP contribution in [0, 0.1) is 0 Å². The number of allylic oxidation sites excluding steroid dienone is 8. The highest BCUT2D eigenvalue weighted by Gasteiger charge is 2.19. The SMILES string of the molecule is CC/C=C\C/C=C\C/C=C\C/C=C\CCCCCCCCCCC(=O)OC(COC(=O)CCCCCCCCCCCCCCCCC)COC(=O)CCCCCCCCCCCCCCCCCCCCCCCCCCCC. The maximum atomic E-state index is 13.0. The van der Waals surface area contributed by atoms with Crippen molar-refractivity contribution < 1.29 is 28.6 Å². The molecule has 1 atom stereocenters. The second-order valence-electron chi connectivity index (χ2n) is 24.1. The smallest absolute Gasteiger partial charge is 0.306 e. The highest BCUT2D eigenvalue weighted by atomic mass is 16.6. The fourth-order valence-electron chi connectivity index (χ4n) is 10.8. The lowest BCUT2D eigenvalue weighted by Crippen LogP contribution is -2.30. The topological polar surface area (TPSA) is 78.9 Å². The van der Waals surface area contributed by atoms with E-state index in [-0.39, 0.29) is 31.1 Å². The van der Waals surface area contributed by atoms with Gasteiger partial charge in [0.15, 0.2) is 6.10 Å². The third-order valence-electron chi connectivity index (χ3n) is 16.1. The van der Waals surface area contributed by atoms with E-state index in [0.717, 1.165) is 89.9 Å². The summed E-state index contributed by atoms with van der Waals surface area (Å²) in [5.41, 5.74) is 0. The summed E-state index contributed by atoms with van der Waals surface area (Å²) in [5, 5.41) is 0. The van der Waals surface area contributed by atoms with E-state index in [1.165, 1.54) is 257 Å². The Balaban J connectivity index is 4.26. The lowest BCUT2D eigenvalue weighted by molar-refractivity contribution is -0.167. The molecule has 80 heavy (non-hydrogen) atoms. The maximum Gasteiger partial charge on any atom is 0.306 e. The van der Waals surface area contributed by atoms with E-state index in [1.54, 1.807) is 0 Å². The zero-order valence-electron chi connectivity index (χ0n) is 53.9. The number of carbonyl (C=O) groups is 3.